The monoisotopic (exact) mass is 399 g/mol. The minimum atomic E-state index is -0.0733. The first-order valence-corrected chi connectivity index (χ1v) is 9.92. The number of anilines is 2. The number of carbonyl (C=O) groups is 1. The molecule has 1 saturated heterocycles. The summed E-state index contributed by atoms with van der Waals surface area (Å²) < 4.78 is 1.92. The summed E-state index contributed by atoms with van der Waals surface area (Å²) >= 11 is 0. The predicted molar refractivity (Wildman–Crippen MR) is 116 cm³/mol. The fourth-order valence-electron chi connectivity index (χ4n) is 3.60. The lowest BCUT2D eigenvalue weighted by Crippen LogP contribution is -2.27. The maximum absolute atomic E-state index is 11.9. The highest BCUT2D eigenvalue weighted by Crippen LogP contribution is 2.24. The highest BCUT2D eigenvalue weighted by Gasteiger charge is 2.21. The van der Waals surface area contributed by atoms with Crippen LogP contribution in [0.3, 0.4) is 0 Å². The number of imidazole rings is 1. The van der Waals surface area contributed by atoms with Gasteiger partial charge in [0.25, 0.3) is 0 Å². The number of nitrogens with zero attached hydrogens (tertiary/aromatic N) is 5. The van der Waals surface area contributed by atoms with Gasteiger partial charge in [0.05, 0.1) is 11.0 Å². The molecule has 30 heavy (non-hydrogen) atoms. The summed E-state index contributed by atoms with van der Waals surface area (Å²) in [5.74, 6) is 1.32. The van der Waals surface area contributed by atoms with Gasteiger partial charge in [-0.05, 0) is 36.2 Å². The second-order valence-corrected chi connectivity index (χ2v) is 7.07. The molecule has 0 radical (unpaired) electrons. The van der Waals surface area contributed by atoms with E-state index in [1.807, 2.05) is 47.0 Å². The molecule has 2 aromatic carbocycles. The van der Waals surface area contributed by atoms with Crippen molar-refractivity contribution in [2.45, 2.75) is 6.42 Å². The van der Waals surface area contributed by atoms with Crippen LogP contribution in [0, 0.1) is 0 Å². The number of hydrogen-bond donors (Lipinski definition) is 2. The summed E-state index contributed by atoms with van der Waals surface area (Å²) in [5, 5.41) is 6.11. The zero-order chi connectivity index (χ0) is 20.3. The first-order valence-electron chi connectivity index (χ1n) is 9.92. The average molecular weight is 399 g/mol. The minimum Gasteiger partial charge on any atom is -0.354 e. The Morgan fingerprint density at radius 3 is 2.80 bits per heavy atom. The van der Waals surface area contributed by atoms with Crippen molar-refractivity contribution >= 4 is 28.7 Å². The highest BCUT2D eigenvalue weighted by atomic mass is 16.2. The van der Waals surface area contributed by atoms with Crippen LogP contribution in [-0.4, -0.2) is 45.2 Å². The van der Waals surface area contributed by atoms with Crippen molar-refractivity contribution in [3.63, 3.8) is 0 Å². The molecule has 0 bridgehead atoms. The first kappa shape index (κ1) is 18.1. The number of amides is 2. The van der Waals surface area contributed by atoms with Crippen LogP contribution in [-0.2, 0) is 6.42 Å². The van der Waals surface area contributed by atoms with Gasteiger partial charge in [-0.15, -0.1) is 0 Å². The van der Waals surface area contributed by atoms with Crippen molar-refractivity contribution in [3.8, 4) is 5.82 Å². The SMILES string of the molecule is O=C1NCCN1c1ccc2c(c1)ncn2-c1ccnc(NCCc2ccccc2)n1. The Hall–Kier alpha value is -3.94. The van der Waals surface area contributed by atoms with Gasteiger partial charge >= 0.3 is 6.03 Å². The van der Waals surface area contributed by atoms with Crippen molar-refractivity contribution in [3.05, 3.63) is 72.7 Å². The van der Waals surface area contributed by atoms with Crippen molar-refractivity contribution in [2.75, 3.05) is 29.9 Å². The number of hydrogen-bond acceptors (Lipinski definition) is 5. The number of fused-ring (bicyclic) bond motifs is 1. The lowest BCUT2D eigenvalue weighted by Gasteiger charge is -2.14. The zero-order valence-electron chi connectivity index (χ0n) is 16.3. The van der Waals surface area contributed by atoms with Gasteiger partial charge in [0.1, 0.15) is 12.1 Å². The second kappa shape index (κ2) is 7.82. The van der Waals surface area contributed by atoms with Crippen LogP contribution in [0.4, 0.5) is 16.4 Å². The summed E-state index contributed by atoms with van der Waals surface area (Å²) in [5.41, 5.74) is 3.84. The topological polar surface area (TPSA) is 88.0 Å². The molecule has 150 valence electrons. The van der Waals surface area contributed by atoms with E-state index in [1.54, 1.807) is 17.4 Å². The third-order valence-corrected chi connectivity index (χ3v) is 5.13. The van der Waals surface area contributed by atoms with E-state index in [2.05, 4.69) is 37.7 Å². The lowest BCUT2D eigenvalue weighted by atomic mass is 10.1. The van der Waals surface area contributed by atoms with E-state index >= 15 is 0 Å². The quantitative estimate of drug-likeness (QED) is 0.520. The molecule has 8 nitrogen and oxygen atoms in total. The number of rotatable bonds is 6. The molecule has 1 aliphatic heterocycles. The van der Waals surface area contributed by atoms with Gasteiger partial charge < -0.3 is 10.6 Å². The molecule has 2 aromatic heterocycles. The molecule has 2 N–H and O–H groups in total. The molecule has 0 atom stereocenters. The molecule has 0 unspecified atom stereocenters. The fourth-order valence-corrected chi connectivity index (χ4v) is 3.60. The van der Waals surface area contributed by atoms with E-state index in [1.165, 1.54) is 5.56 Å². The Labute approximate surface area is 173 Å². The third kappa shape index (κ3) is 3.55. The molecule has 0 aliphatic carbocycles. The molecule has 2 amide bonds. The van der Waals surface area contributed by atoms with Gasteiger partial charge in [0.2, 0.25) is 5.95 Å². The van der Waals surface area contributed by atoms with Gasteiger partial charge in [0, 0.05) is 31.5 Å². The predicted octanol–water partition coefficient (Wildman–Crippen LogP) is 3.00. The van der Waals surface area contributed by atoms with E-state index < -0.39 is 0 Å². The molecule has 1 fully saturated rings. The molecule has 1 aliphatic rings. The summed E-state index contributed by atoms with van der Waals surface area (Å²) in [6.45, 7) is 2.07. The number of carbonyl (C=O) groups excluding carboxylic acids is 1. The number of urea groups is 1. The van der Waals surface area contributed by atoms with E-state index in [9.17, 15) is 4.79 Å². The lowest BCUT2D eigenvalue weighted by molar-refractivity contribution is 0.252. The number of nitrogens with one attached hydrogen (secondary N) is 2. The molecule has 4 aromatic rings. The Bertz CT molecular complexity index is 1190. The molecular formula is C22H21N7O. The van der Waals surface area contributed by atoms with E-state index in [0.29, 0.717) is 19.0 Å². The molecule has 0 saturated carbocycles. The summed E-state index contributed by atoms with van der Waals surface area (Å²) in [6.07, 6.45) is 4.38. The second-order valence-electron chi connectivity index (χ2n) is 7.07. The molecule has 3 heterocycles. The Morgan fingerprint density at radius 1 is 1.07 bits per heavy atom. The van der Waals surface area contributed by atoms with Crippen LogP contribution < -0.4 is 15.5 Å². The number of benzene rings is 2. The summed E-state index contributed by atoms with van der Waals surface area (Å²) in [4.78, 5) is 27.1. The van der Waals surface area contributed by atoms with Crippen molar-refractivity contribution in [1.82, 2.24) is 24.8 Å². The van der Waals surface area contributed by atoms with Crippen molar-refractivity contribution in [2.24, 2.45) is 0 Å². The van der Waals surface area contributed by atoms with Crippen LogP contribution in [0.5, 0.6) is 0 Å². The molecular weight excluding hydrogens is 378 g/mol. The maximum atomic E-state index is 11.9. The van der Waals surface area contributed by atoms with Gasteiger partial charge in [-0.2, -0.15) is 4.98 Å². The summed E-state index contributed by atoms with van der Waals surface area (Å²) in [6, 6.07) is 17.9. The smallest absolute Gasteiger partial charge is 0.321 e. The third-order valence-electron chi connectivity index (χ3n) is 5.13. The fraction of sp³-hybridized carbons (Fsp3) is 0.182. The first-order chi connectivity index (χ1) is 14.8. The largest absolute Gasteiger partial charge is 0.354 e. The normalized spacial score (nSPS) is 13.6. The van der Waals surface area contributed by atoms with Gasteiger partial charge in [-0.3, -0.25) is 9.47 Å². The van der Waals surface area contributed by atoms with Gasteiger partial charge in [-0.1, -0.05) is 30.3 Å². The molecule has 5 rings (SSSR count). The van der Waals surface area contributed by atoms with E-state index in [-0.39, 0.29) is 6.03 Å². The van der Waals surface area contributed by atoms with Gasteiger partial charge in [0.15, 0.2) is 0 Å². The summed E-state index contributed by atoms with van der Waals surface area (Å²) in [7, 11) is 0. The van der Waals surface area contributed by atoms with Gasteiger partial charge in [-0.25, -0.2) is 14.8 Å². The standard InChI is InChI=1S/C22H21N7O/c30-22-25-12-13-28(22)17-6-7-19-18(14-17)26-15-29(19)20-9-11-24-21(27-20)23-10-8-16-4-2-1-3-5-16/h1-7,9,11,14-15H,8,10,12-13H2,(H,25,30)(H,23,24,27). The van der Waals surface area contributed by atoms with Crippen LogP contribution >= 0.6 is 0 Å². The zero-order valence-corrected chi connectivity index (χ0v) is 16.3. The van der Waals surface area contributed by atoms with Crippen LogP contribution in [0.15, 0.2) is 67.1 Å². The highest BCUT2D eigenvalue weighted by molar-refractivity contribution is 5.96. The maximum Gasteiger partial charge on any atom is 0.321 e. The van der Waals surface area contributed by atoms with Crippen LogP contribution in [0.1, 0.15) is 5.56 Å². The van der Waals surface area contributed by atoms with Crippen LogP contribution in [0.2, 0.25) is 0 Å². The Morgan fingerprint density at radius 2 is 1.97 bits per heavy atom. The average Bonchev–Trinajstić information content (AvgIpc) is 3.40. The molecule has 8 heteroatoms. The Balaban J connectivity index is 1.35. The Kier molecular flexibility index (Phi) is 4.72. The number of aromatic nitrogens is 4. The minimum absolute atomic E-state index is 0.0733. The molecule has 0 spiro atoms. The van der Waals surface area contributed by atoms with E-state index in [0.717, 1.165) is 35.5 Å². The van der Waals surface area contributed by atoms with Crippen molar-refractivity contribution < 1.29 is 4.79 Å². The van der Waals surface area contributed by atoms with Crippen LogP contribution in [0.25, 0.3) is 16.9 Å². The van der Waals surface area contributed by atoms with Crippen molar-refractivity contribution in [1.29, 1.82) is 0 Å². The van der Waals surface area contributed by atoms with E-state index in [4.69, 9.17) is 0 Å².